The molecule has 0 aliphatic carbocycles. The molecule has 0 fully saturated rings. The third-order valence-electron chi connectivity index (χ3n) is 14.4. The van der Waals surface area contributed by atoms with Gasteiger partial charge in [-0.05, 0) is 128 Å². The molecule has 0 heterocycles. The van der Waals surface area contributed by atoms with Gasteiger partial charge >= 0.3 is 17.9 Å². The largest absolute Gasteiger partial charge is 0.462 e. The van der Waals surface area contributed by atoms with Gasteiger partial charge in [0.05, 0.1) is 0 Å². The fraction of sp³-hybridized carbons (Fsp3) is 0.671. The Kier molecular flexibility index (Phi) is 65.3. The van der Waals surface area contributed by atoms with Crippen LogP contribution in [0.1, 0.15) is 310 Å². The van der Waals surface area contributed by atoms with E-state index in [-0.39, 0.29) is 31.1 Å². The normalized spacial score (nSPS) is 13.0. The third-order valence-corrected chi connectivity index (χ3v) is 14.4. The molecule has 0 amide bonds. The Morgan fingerprint density at radius 3 is 0.756 bits per heavy atom. The summed E-state index contributed by atoms with van der Waals surface area (Å²) in [6.07, 6.45) is 97.7. The lowest BCUT2D eigenvalue weighted by atomic mass is 10.0. The van der Waals surface area contributed by atoms with Crippen LogP contribution in [0.4, 0.5) is 0 Å². The summed E-state index contributed by atoms with van der Waals surface area (Å²) in [7, 11) is 0. The van der Waals surface area contributed by atoms with Crippen LogP contribution < -0.4 is 0 Å². The topological polar surface area (TPSA) is 78.9 Å². The summed E-state index contributed by atoms with van der Waals surface area (Å²) in [6, 6.07) is 0. The molecule has 1 unspecified atom stereocenters. The van der Waals surface area contributed by atoms with Gasteiger partial charge in [-0.3, -0.25) is 14.4 Å². The number of rotatable bonds is 61. The minimum atomic E-state index is -0.794. The van der Waals surface area contributed by atoms with Crippen molar-refractivity contribution < 1.29 is 28.6 Å². The average Bonchev–Trinajstić information content (AvgIpc) is 3.47. The summed E-state index contributed by atoms with van der Waals surface area (Å²) in [5.41, 5.74) is 0. The smallest absolute Gasteiger partial charge is 0.306 e. The molecule has 6 nitrogen and oxygen atoms in total. The molecule has 0 aromatic carbocycles. The third kappa shape index (κ3) is 66.4. The molecule has 0 saturated heterocycles. The summed E-state index contributed by atoms with van der Waals surface area (Å²) in [5, 5.41) is 0. The molecule has 0 radical (unpaired) electrons. The number of esters is 3. The van der Waals surface area contributed by atoms with E-state index in [9.17, 15) is 14.4 Å². The van der Waals surface area contributed by atoms with Crippen molar-refractivity contribution in [2.24, 2.45) is 0 Å². The monoisotopic (exact) mass is 1130 g/mol. The highest BCUT2D eigenvalue weighted by Crippen LogP contribution is 2.16. The SMILES string of the molecule is CC/C=C\C/C=C\C/C=C\C/C=C\C/C=C\C/C=C\CCCCCCCCC(=O)OC(COC(=O)CCCCCCC/C=C\CCC)COC(=O)CCCCCCCCCCCCCCCCCC/C=C\C/C=C\C/C=C\C/C=C\CC. The second-order valence-corrected chi connectivity index (χ2v) is 22.3. The van der Waals surface area contributed by atoms with Crippen molar-refractivity contribution in [1.82, 2.24) is 0 Å². The van der Waals surface area contributed by atoms with E-state index < -0.39 is 6.10 Å². The van der Waals surface area contributed by atoms with E-state index in [4.69, 9.17) is 14.2 Å². The maximum atomic E-state index is 12.9. The van der Waals surface area contributed by atoms with Gasteiger partial charge in [0.1, 0.15) is 13.2 Å². The number of unbranched alkanes of at least 4 members (excludes halogenated alkanes) is 28. The average molecular weight is 1140 g/mol. The van der Waals surface area contributed by atoms with Crippen molar-refractivity contribution >= 4 is 17.9 Å². The van der Waals surface area contributed by atoms with Crippen LogP contribution in [0.3, 0.4) is 0 Å². The van der Waals surface area contributed by atoms with Crippen LogP contribution in [0, 0.1) is 0 Å². The van der Waals surface area contributed by atoms with Gasteiger partial charge in [0.25, 0.3) is 0 Å². The van der Waals surface area contributed by atoms with E-state index in [0.29, 0.717) is 19.3 Å². The summed E-state index contributed by atoms with van der Waals surface area (Å²) in [5.74, 6) is -0.908. The molecule has 0 spiro atoms. The van der Waals surface area contributed by atoms with Crippen molar-refractivity contribution in [2.75, 3.05) is 13.2 Å². The lowest BCUT2D eigenvalue weighted by Crippen LogP contribution is -2.30. The molecule has 82 heavy (non-hydrogen) atoms. The fourth-order valence-electron chi connectivity index (χ4n) is 9.32. The first-order valence-corrected chi connectivity index (χ1v) is 34.2. The summed E-state index contributed by atoms with van der Waals surface area (Å²) in [4.78, 5) is 38.3. The van der Waals surface area contributed by atoms with E-state index in [1.165, 1.54) is 116 Å². The zero-order valence-electron chi connectivity index (χ0n) is 53.5. The summed E-state index contributed by atoms with van der Waals surface area (Å²) < 4.78 is 16.9. The van der Waals surface area contributed by atoms with Gasteiger partial charge in [-0.25, -0.2) is 0 Å². The maximum absolute atomic E-state index is 12.9. The summed E-state index contributed by atoms with van der Waals surface area (Å²) in [6.45, 7) is 6.35. The Labute approximate surface area is 506 Å². The molecule has 6 heteroatoms. The van der Waals surface area contributed by atoms with E-state index in [1.54, 1.807) is 0 Å². The van der Waals surface area contributed by atoms with Gasteiger partial charge < -0.3 is 14.2 Å². The van der Waals surface area contributed by atoms with Crippen LogP contribution in [-0.4, -0.2) is 37.2 Å². The number of hydrogen-bond donors (Lipinski definition) is 0. The second kappa shape index (κ2) is 69.0. The van der Waals surface area contributed by atoms with Crippen molar-refractivity contribution in [3.63, 3.8) is 0 Å². The molecule has 0 rings (SSSR count). The van der Waals surface area contributed by atoms with Gasteiger partial charge in [0.15, 0.2) is 6.10 Å². The minimum absolute atomic E-state index is 0.0882. The number of carbonyl (C=O) groups excluding carboxylic acids is 3. The highest BCUT2D eigenvalue weighted by molar-refractivity contribution is 5.71. The molecule has 466 valence electrons. The molecule has 0 N–H and O–H groups in total. The van der Waals surface area contributed by atoms with Crippen LogP contribution in [0.5, 0.6) is 0 Å². The van der Waals surface area contributed by atoms with Gasteiger partial charge in [-0.15, -0.1) is 0 Å². The van der Waals surface area contributed by atoms with E-state index in [2.05, 4.69) is 154 Å². The van der Waals surface area contributed by atoms with Gasteiger partial charge in [0, 0.05) is 19.3 Å². The van der Waals surface area contributed by atoms with E-state index in [1.807, 2.05) is 0 Å². The van der Waals surface area contributed by atoms with Crippen molar-refractivity contribution in [1.29, 1.82) is 0 Å². The Bertz CT molecular complexity index is 1730. The molecule has 1 atom stereocenters. The number of hydrogen-bond acceptors (Lipinski definition) is 6. The fourth-order valence-corrected chi connectivity index (χ4v) is 9.32. The molecule has 0 aromatic rings. The lowest BCUT2D eigenvalue weighted by Gasteiger charge is -2.18. The Morgan fingerprint density at radius 2 is 0.476 bits per heavy atom. The predicted molar refractivity (Wildman–Crippen MR) is 357 cm³/mol. The quantitative estimate of drug-likeness (QED) is 0.0261. The highest BCUT2D eigenvalue weighted by atomic mass is 16.6. The van der Waals surface area contributed by atoms with Crippen LogP contribution in [0.15, 0.2) is 134 Å². The molecule has 0 aliphatic heterocycles. The predicted octanol–water partition coefficient (Wildman–Crippen LogP) is 23.7. The minimum Gasteiger partial charge on any atom is -0.462 e. The molecular weight excluding hydrogens is 1010 g/mol. The summed E-state index contributed by atoms with van der Waals surface area (Å²) >= 11 is 0. The first-order valence-electron chi connectivity index (χ1n) is 34.2. The molecular formula is C76H126O6. The van der Waals surface area contributed by atoms with Crippen molar-refractivity contribution in [2.45, 2.75) is 316 Å². The number of ether oxygens (including phenoxy) is 3. The molecule has 0 saturated carbocycles. The van der Waals surface area contributed by atoms with Crippen molar-refractivity contribution in [3.05, 3.63) is 134 Å². The Balaban J connectivity index is 4.24. The van der Waals surface area contributed by atoms with Gasteiger partial charge in [-0.2, -0.15) is 0 Å². The van der Waals surface area contributed by atoms with Crippen LogP contribution in [0.2, 0.25) is 0 Å². The Morgan fingerprint density at radius 1 is 0.256 bits per heavy atom. The molecule has 0 aliphatic rings. The van der Waals surface area contributed by atoms with Crippen LogP contribution in [0.25, 0.3) is 0 Å². The standard InChI is InChI=1S/C76H126O6/c1-4-7-10-13-16-19-22-24-26-28-30-32-34-36-37-38-39-41-42-44-46-48-50-52-54-57-60-63-66-69-75(78)81-72-73(71-80-74(77)68-65-62-59-56-21-18-15-12-9-6-3)82-76(79)70-67-64-61-58-55-53-51-49-47-45-43-40-35-33-31-29-27-25-23-20-17-14-11-8-5-2/h7-8,10-12,15-17,19-20,24-27,30-33,40,43,47,49,73H,4-6,9,13-14,18,21-23,28-29,34-39,41-42,44-46,48,50-72H2,1-3H3/b10-7-,11-8-,15-12-,19-16-,20-17-,26-24-,27-25-,32-30-,33-31-,43-40-,49-47-. The number of allylic oxidation sites excluding steroid dienone is 22. The van der Waals surface area contributed by atoms with E-state index in [0.717, 1.165) is 154 Å². The highest BCUT2D eigenvalue weighted by Gasteiger charge is 2.19. The molecule has 0 aromatic heterocycles. The van der Waals surface area contributed by atoms with Crippen molar-refractivity contribution in [3.8, 4) is 0 Å². The first kappa shape index (κ1) is 77.5. The van der Waals surface area contributed by atoms with Crippen LogP contribution in [-0.2, 0) is 28.6 Å². The maximum Gasteiger partial charge on any atom is 0.306 e. The van der Waals surface area contributed by atoms with Crippen LogP contribution >= 0.6 is 0 Å². The first-order chi connectivity index (χ1) is 40.5. The zero-order valence-corrected chi connectivity index (χ0v) is 53.5. The molecule has 0 bridgehead atoms. The van der Waals surface area contributed by atoms with Gasteiger partial charge in [0.2, 0.25) is 0 Å². The van der Waals surface area contributed by atoms with E-state index >= 15 is 0 Å². The zero-order chi connectivity index (χ0) is 59.2. The van der Waals surface area contributed by atoms with Gasteiger partial charge in [-0.1, -0.05) is 296 Å². The second-order valence-electron chi connectivity index (χ2n) is 22.3. The number of carbonyl (C=O) groups is 3. The lowest BCUT2D eigenvalue weighted by molar-refractivity contribution is -0.167. The Hall–Kier alpha value is -4.45.